The number of carbonyl (C=O) groups is 2. The van der Waals surface area contributed by atoms with E-state index < -0.39 is 11.7 Å². The molecule has 0 atom stereocenters. The molecule has 2 heterocycles. The van der Waals surface area contributed by atoms with Crippen molar-refractivity contribution in [2.75, 3.05) is 17.6 Å². The largest absolute Gasteiger partial charge is 0.444 e. The molecule has 0 saturated heterocycles. The second kappa shape index (κ2) is 7.18. The molecular weight excluding hydrogens is 358 g/mol. The van der Waals surface area contributed by atoms with Gasteiger partial charge in [0.1, 0.15) is 11.3 Å². The highest BCUT2D eigenvalue weighted by Gasteiger charge is 2.31. The third kappa shape index (κ3) is 4.11. The number of aryl methyl sites for hydroxylation is 2. The van der Waals surface area contributed by atoms with Crippen LogP contribution in [0.2, 0.25) is 0 Å². The van der Waals surface area contributed by atoms with Gasteiger partial charge in [-0.25, -0.2) is 4.79 Å². The Morgan fingerprint density at radius 3 is 2.68 bits per heavy atom. The second-order valence-electron chi connectivity index (χ2n) is 8.09. The van der Waals surface area contributed by atoms with E-state index in [2.05, 4.69) is 10.4 Å². The Morgan fingerprint density at radius 2 is 2.00 bits per heavy atom. The Balaban J connectivity index is 1.85. The minimum atomic E-state index is -0.574. The van der Waals surface area contributed by atoms with Crippen LogP contribution in [0.1, 0.15) is 48.1 Å². The van der Waals surface area contributed by atoms with Crippen LogP contribution in [0.15, 0.2) is 18.2 Å². The first-order valence-corrected chi connectivity index (χ1v) is 9.25. The van der Waals surface area contributed by atoms with Crippen molar-refractivity contribution < 1.29 is 14.3 Å². The van der Waals surface area contributed by atoms with E-state index in [-0.39, 0.29) is 12.5 Å². The fourth-order valence-electron chi connectivity index (χ4n) is 3.23. The van der Waals surface area contributed by atoms with Crippen molar-refractivity contribution in [2.24, 2.45) is 7.05 Å². The first kappa shape index (κ1) is 19.7. The molecule has 0 saturated carbocycles. The SMILES string of the molecule is Cc1ccc(N)c(NC(=O)c2c3c(nn2C)CCN(C(=O)OC(C)(C)C)C3)c1. The van der Waals surface area contributed by atoms with Crippen molar-refractivity contribution >= 4 is 23.4 Å². The Labute approximate surface area is 164 Å². The lowest BCUT2D eigenvalue weighted by Crippen LogP contribution is -2.40. The number of hydrogen-bond acceptors (Lipinski definition) is 5. The molecule has 28 heavy (non-hydrogen) atoms. The predicted octanol–water partition coefficient (Wildman–Crippen LogP) is 2.86. The minimum Gasteiger partial charge on any atom is -0.444 e. The molecule has 8 nitrogen and oxygen atoms in total. The summed E-state index contributed by atoms with van der Waals surface area (Å²) in [6.45, 7) is 8.20. The molecule has 0 fully saturated rings. The van der Waals surface area contributed by atoms with Gasteiger partial charge in [-0.1, -0.05) is 6.07 Å². The van der Waals surface area contributed by atoms with Gasteiger partial charge in [0.05, 0.1) is 23.6 Å². The van der Waals surface area contributed by atoms with E-state index in [9.17, 15) is 9.59 Å². The Bertz CT molecular complexity index is 927. The van der Waals surface area contributed by atoms with Gasteiger partial charge in [-0.2, -0.15) is 5.10 Å². The highest BCUT2D eigenvalue weighted by molar-refractivity contribution is 6.05. The smallest absolute Gasteiger partial charge is 0.410 e. The van der Waals surface area contributed by atoms with Crippen LogP contribution in [0.25, 0.3) is 0 Å². The Hall–Kier alpha value is -3.03. The average molecular weight is 385 g/mol. The van der Waals surface area contributed by atoms with Gasteiger partial charge in [-0.15, -0.1) is 0 Å². The van der Waals surface area contributed by atoms with E-state index in [0.29, 0.717) is 30.0 Å². The molecule has 3 N–H and O–H groups in total. The number of rotatable bonds is 2. The van der Waals surface area contributed by atoms with Crippen molar-refractivity contribution in [2.45, 2.75) is 46.3 Å². The van der Waals surface area contributed by atoms with Gasteiger partial charge in [0.15, 0.2) is 0 Å². The molecule has 1 aliphatic rings. The zero-order chi connectivity index (χ0) is 20.6. The zero-order valence-corrected chi connectivity index (χ0v) is 17.0. The van der Waals surface area contributed by atoms with Gasteiger partial charge < -0.3 is 20.7 Å². The summed E-state index contributed by atoms with van der Waals surface area (Å²) in [4.78, 5) is 27.0. The van der Waals surface area contributed by atoms with Crippen molar-refractivity contribution in [1.82, 2.24) is 14.7 Å². The summed E-state index contributed by atoms with van der Waals surface area (Å²) in [6.07, 6.45) is 0.179. The third-order valence-electron chi connectivity index (χ3n) is 4.52. The number of nitrogen functional groups attached to an aromatic ring is 1. The van der Waals surface area contributed by atoms with E-state index in [0.717, 1.165) is 16.8 Å². The van der Waals surface area contributed by atoms with Gasteiger partial charge in [-0.05, 0) is 45.4 Å². The standard InChI is InChI=1S/C20H27N5O3/c1-12-6-7-14(21)16(10-12)22-18(26)17-13-11-25(19(27)28-20(2,3)4)9-8-15(13)23-24(17)5/h6-7,10H,8-9,11,21H2,1-5H3,(H,22,26). The summed E-state index contributed by atoms with van der Waals surface area (Å²) < 4.78 is 7.03. The maximum absolute atomic E-state index is 13.0. The molecule has 3 rings (SSSR count). The van der Waals surface area contributed by atoms with E-state index in [1.165, 1.54) is 0 Å². The Morgan fingerprint density at radius 1 is 1.29 bits per heavy atom. The number of ether oxygens (including phenoxy) is 1. The highest BCUT2D eigenvalue weighted by Crippen LogP contribution is 2.26. The van der Waals surface area contributed by atoms with Crippen LogP contribution in [0.4, 0.5) is 16.2 Å². The van der Waals surface area contributed by atoms with Gasteiger partial charge in [0, 0.05) is 25.6 Å². The van der Waals surface area contributed by atoms with Crippen LogP contribution in [0.3, 0.4) is 0 Å². The van der Waals surface area contributed by atoms with Crippen molar-refractivity contribution in [3.8, 4) is 0 Å². The summed E-state index contributed by atoms with van der Waals surface area (Å²) in [6, 6.07) is 5.46. The molecule has 150 valence electrons. The first-order valence-electron chi connectivity index (χ1n) is 9.25. The molecular formula is C20H27N5O3. The number of nitrogens with zero attached hydrogens (tertiary/aromatic N) is 3. The summed E-state index contributed by atoms with van der Waals surface area (Å²) >= 11 is 0. The number of carbonyl (C=O) groups excluding carboxylic acids is 2. The molecule has 2 amide bonds. The normalized spacial score (nSPS) is 13.8. The van der Waals surface area contributed by atoms with E-state index in [1.807, 2.05) is 39.8 Å². The second-order valence-corrected chi connectivity index (χ2v) is 8.09. The van der Waals surface area contributed by atoms with Crippen LogP contribution in [-0.2, 0) is 24.8 Å². The molecule has 0 radical (unpaired) electrons. The highest BCUT2D eigenvalue weighted by atomic mass is 16.6. The maximum Gasteiger partial charge on any atom is 0.410 e. The van der Waals surface area contributed by atoms with Gasteiger partial charge >= 0.3 is 6.09 Å². The molecule has 0 aliphatic carbocycles. The quantitative estimate of drug-likeness (QED) is 0.774. The monoisotopic (exact) mass is 385 g/mol. The van der Waals surface area contributed by atoms with Crippen LogP contribution in [0.5, 0.6) is 0 Å². The van der Waals surface area contributed by atoms with Crippen molar-refractivity contribution in [3.63, 3.8) is 0 Å². The summed E-state index contributed by atoms with van der Waals surface area (Å²) in [5.74, 6) is -0.306. The summed E-state index contributed by atoms with van der Waals surface area (Å²) in [7, 11) is 1.73. The van der Waals surface area contributed by atoms with Crippen LogP contribution < -0.4 is 11.1 Å². The third-order valence-corrected chi connectivity index (χ3v) is 4.52. The lowest BCUT2D eigenvalue weighted by Gasteiger charge is -2.29. The number of benzene rings is 1. The number of aromatic nitrogens is 2. The molecule has 8 heteroatoms. The molecule has 2 aromatic rings. The van der Waals surface area contributed by atoms with E-state index in [4.69, 9.17) is 10.5 Å². The van der Waals surface area contributed by atoms with Crippen molar-refractivity contribution in [3.05, 3.63) is 40.7 Å². The summed E-state index contributed by atoms with van der Waals surface area (Å²) in [5, 5.41) is 7.34. The topological polar surface area (TPSA) is 102 Å². The number of nitrogens with one attached hydrogen (secondary N) is 1. The first-order chi connectivity index (χ1) is 13.0. The number of anilines is 2. The molecule has 0 unspecified atom stereocenters. The molecule has 1 aromatic carbocycles. The maximum atomic E-state index is 13.0. The van der Waals surface area contributed by atoms with Crippen LogP contribution in [-0.4, -0.2) is 38.8 Å². The van der Waals surface area contributed by atoms with Crippen LogP contribution >= 0.6 is 0 Å². The number of hydrogen-bond donors (Lipinski definition) is 2. The van der Waals surface area contributed by atoms with E-state index >= 15 is 0 Å². The lowest BCUT2D eigenvalue weighted by molar-refractivity contribution is 0.0222. The summed E-state index contributed by atoms with van der Waals surface area (Å²) in [5.41, 5.74) is 9.43. The zero-order valence-electron chi connectivity index (χ0n) is 17.0. The lowest BCUT2D eigenvalue weighted by atomic mass is 10.0. The van der Waals surface area contributed by atoms with Gasteiger partial charge in [-0.3, -0.25) is 9.48 Å². The molecule has 1 aliphatic heterocycles. The number of amides is 2. The molecule has 0 spiro atoms. The molecule has 1 aromatic heterocycles. The average Bonchev–Trinajstić information content (AvgIpc) is 2.91. The number of nitrogens with two attached hydrogens (primary N) is 1. The van der Waals surface area contributed by atoms with Gasteiger partial charge in [0.25, 0.3) is 5.91 Å². The fourth-order valence-corrected chi connectivity index (χ4v) is 3.23. The molecule has 0 bridgehead atoms. The minimum absolute atomic E-state index is 0.282. The fraction of sp³-hybridized carbons (Fsp3) is 0.450. The Kier molecular flexibility index (Phi) is 5.06. The number of fused-ring (bicyclic) bond motifs is 1. The van der Waals surface area contributed by atoms with Gasteiger partial charge in [0.2, 0.25) is 0 Å². The predicted molar refractivity (Wildman–Crippen MR) is 107 cm³/mol. The van der Waals surface area contributed by atoms with Crippen LogP contribution in [0, 0.1) is 6.92 Å². The van der Waals surface area contributed by atoms with Crippen molar-refractivity contribution in [1.29, 1.82) is 0 Å². The van der Waals surface area contributed by atoms with E-state index in [1.54, 1.807) is 22.7 Å².